The van der Waals surface area contributed by atoms with Crippen LogP contribution in [0.5, 0.6) is 0 Å². The summed E-state index contributed by atoms with van der Waals surface area (Å²) >= 11 is 0. The van der Waals surface area contributed by atoms with Gasteiger partial charge in [0.2, 0.25) is 0 Å². The first-order valence-corrected chi connectivity index (χ1v) is 9.06. The molecule has 0 spiro atoms. The SMILES string of the molecule is CNC(C)n1cc(-c2nn(C3=CC=CCC=C3)c(NC(N)=O)c2C)ccc1=N. The molecule has 8 heteroatoms. The second kappa shape index (κ2) is 8.10. The third kappa shape index (κ3) is 3.81. The van der Waals surface area contributed by atoms with Gasteiger partial charge < -0.3 is 15.6 Å². The second-order valence-electron chi connectivity index (χ2n) is 6.56. The number of pyridine rings is 1. The van der Waals surface area contributed by atoms with Crippen LogP contribution in [0.3, 0.4) is 0 Å². The molecule has 0 bridgehead atoms. The maximum absolute atomic E-state index is 11.6. The molecule has 1 atom stereocenters. The van der Waals surface area contributed by atoms with Crippen LogP contribution < -0.4 is 21.9 Å². The molecule has 0 aromatic carbocycles. The van der Waals surface area contributed by atoms with Crippen molar-refractivity contribution in [3.63, 3.8) is 0 Å². The van der Waals surface area contributed by atoms with Crippen molar-refractivity contribution in [1.82, 2.24) is 19.7 Å². The van der Waals surface area contributed by atoms with Gasteiger partial charge in [0.15, 0.2) is 0 Å². The van der Waals surface area contributed by atoms with Crippen molar-refractivity contribution in [1.29, 1.82) is 5.41 Å². The zero-order valence-corrected chi connectivity index (χ0v) is 16.2. The number of allylic oxidation sites excluding steroid dienone is 6. The molecule has 2 aromatic heterocycles. The lowest BCUT2D eigenvalue weighted by Gasteiger charge is -2.16. The molecule has 2 amide bonds. The van der Waals surface area contributed by atoms with Crippen LogP contribution in [0.25, 0.3) is 17.0 Å². The third-order valence-electron chi connectivity index (χ3n) is 4.66. The van der Waals surface area contributed by atoms with Gasteiger partial charge in [0.1, 0.15) is 11.3 Å². The number of anilines is 1. The average Bonchev–Trinajstić information content (AvgIpc) is 2.86. The van der Waals surface area contributed by atoms with Crippen LogP contribution in [0.1, 0.15) is 25.1 Å². The Balaban J connectivity index is 2.17. The number of carbonyl (C=O) groups excluding carboxylic acids is 1. The highest BCUT2D eigenvalue weighted by molar-refractivity contribution is 5.90. The first-order valence-electron chi connectivity index (χ1n) is 9.06. The molecule has 0 fully saturated rings. The van der Waals surface area contributed by atoms with Crippen molar-refractivity contribution in [2.75, 3.05) is 12.4 Å². The van der Waals surface area contributed by atoms with E-state index in [1.165, 1.54) is 0 Å². The molecular formula is C20H25N7O. The lowest BCUT2D eigenvalue weighted by atomic mass is 10.1. The van der Waals surface area contributed by atoms with Crippen LogP contribution in [0, 0.1) is 12.3 Å². The van der Waals surface area contributed by atoms with Gasteiger partial charge in [0.05, 0.1) is 17.6 Å². The van der Waals surface area contributed by atoms with Gasteiger partial charge in [0, 0.05) is 17.3 Å². The van der Waals surface area contributed by atoms with Crippen molar-refractivity contribution in [2.45, 2.75) is 26.4 Å². The molecule has 146 valence electrons. The van der Waals surface area contributed by atoms with Crippen LogP contribution in [0.4, 0.5) is 10.6 Å². The Morgan fingerprint density at radius 3 is 2.86 bits per heavy atom. The summed E-state index contributed by atoms with van der Waals surface area (Å²) in [6.07, 6.45) is 12.6. The topological polar surface area (TPSA) is 114 Å². The summed E-state index contributed by atoms with van der Waals surface area (Å²) in [5, 5.41) is 18.7. The van der Waals surface area contributed by atoms with Crippen molar-refractivity contribution in [3.05, 3.63) is 59.8 Å². The molecule has 1 aliphatic rings. The number of aromatic nitrogens is 3. The molecule has 3 rings (SSSR count). The number of nitrogens with two attached hydrogens (primary N) is 1. The Hall–Kier alpha value is -3.39. The van der Waals surface area contributed by atoms with Crippen LogP contribution in [-0.4, -0.2) is 27.4 Å². The van der Waals surface area contributed by atoms with E-state index in [9.17, 15) is 4.79 Å². The second-order valence-corrected chi connectivity index (χ2v) is 6.56. The minimum Gasteiger partial charge on any atom is -0.351 e. The predicted octanol–water partition coefficient (Wildman–Crippen LogP) is 2.72. The van der Waals surface area contributed by atoms with E-state index in [2.05, 4.69) is 10.6 Å². The van der Waals surface area contributed by atoms with Crippen molar-refractivity contribution in [3.8, 4) is 11.3 Å². The minimum absolute atomic E-state index is 0.0457. The van der Waals surface area contributed by atoms with E-state index in [1.54, 1.807) is 10.7 Å². The number of rotatable bonds is 5. The quantitative estimate of drug-likeness (QED) is 0.640. The molecule has 1 aliphatic carbocycles. The fourth-order valence-electron chi connectivity index (χ4n) is 3.05. The maximum Gasteiger partial charge on any atom is 0.317 e. The van der Waals surface area contributed by atoms with Crippen molar-refractivity contribution >= 4 is 17.5 Å². The number of amides is 2. The Morgan fingerprint density at radius 2 is 2.14 bits per heavy atom. The standard InChI is InChI=1S/C20H25N7O/c1-13-18(15-10-11-17(21)26(12-15)14(2)23-3)25-27(19(13)24-20(22)28)16-8-6-4-5-7-9-16/h4,6-12,14,21,23H,5H2,1-3H3,(H3,22,24,28). The highest BCUT2D eigenvalue weighted by Gasteiger charge is 2.19. The van der Waals surface area contributed by atoms with E-state index < -0.39 is 6.03 Å². The van der Waals surface area contributed by atoms with E-state index in [0.29, 0.717) is 17.0 Å². The van der Waals surface area contributed by atoms with Gasteiger partial charge in [-0.25, -0.2) is 9.48 Å². The fraction of sp³-hybridized carbons (Fsp3) is 0.250. The highest BCUT2D eigenvalue weighted by atomic mass is 16.2. The molecule has 1 unspecified atom stereocenters. The molecule has 2 heterocycles. The number of hydrogen-bond acceptors (Lipinski definition) is 4. The van der Waals surface area contributed by atoms with Crippen LogP contribution in [-0.2, 0) is 0 Å². The van der Waals surface area contributed by atoms with E-state index in [4.69, 9.17) is 16.2 Å². The van der Waals surface area contributed by atoms with E-state index >= 15 is 0 Å². The first kappa shape index (κ1) is 19.4. The predicted molar refractivity (Wildman–Crippen MR) is 110 cm³/mol. The zero-order valence-electron chi connectivity index (χ0n) is 16.2. The van der Waals surface area contributed by atoms with Gasteiger partial charge in [-0.1, -0.05) is 18.2 Å². The molecule has 0 radical (unpaired) electrons. The maximum atomic E-state index is 11.6. The summed E-state index contributed by atoms with van der Waals surface area (Å²) in [5.41, 5.74) is 8.95. The van der Waals surface area contributed by atoms with Gasteiger partial charge in [-0.15, -0.1) is 0 Å². The Bertz CT molecular complexity index is 1040. The number of carbonyl (C=O) groups is 1. The summed E-state index contributed by atoms with van der Waals surface area (Å²) < 4.78 is 3.50. The summed E-state index contributed by atoms with van der Waals surface area (Å²) in [6, 6.07) is 2.94. The lowest BCUT2D eigenvalue weighted by molar-refractivity contribution is 0.259. The Kier molecular flexibility index (Phi) is 5.60. The third-order valence-corrected chi connectivity index (χ3v) is 4.66. The summed E-state index contributed by atoms with van der Waals surface area (Å²) in [7, 11) is 1.84. The molecule has 8 nitrogen and oxygen atoms in total. The van der Waals surface area contributed by atoms with Crippen LogP contribution in [0.2, 0.25) is 0 Å². The smallest absolute Gasteiger partial charge is 0.317 e. The van der Waals surface area contributed by atoms with Crippen molar-refractivity contribution in [2.24, 2.45) is 5.73 Å². The molecule has 2 aromatic rings. The zero-order chi connectivity index (χ0) is 20.3. The first-order chi connectivity index (χ1) is 13.4. The van der Waals surface area contributed by atoms with Gasteiger partial charge in [0.25, 0.3) is 0 Å². The molecule has 0 aliphatic heterocycles. The van der Waals surface area contributed by atoms with Gasteiger partial charge in [-0.3, -0.25) is 10.7 Å². The molecular weight excluding hydrogens is 354 g/mol. The lowest BCUT2D eigenvalue weighted by Crippen LogP contribution is -2.29. The Labute approximate surface area is 163 Å². The number of nitrogens with one attached hydrogen (secondary N) is 3. The molecule has 0 saturated heterocycles. The summed E-state index contributed by atoms with van der Waals surface area (Å²) in [4.78, 5) is 11.6. The van der Waals surface area contributed by atoms with Gasteiger partial charge in [-0.05, 0) is 51.6 Å². The monoisotopic (exact) mass is 379 g/mol. The molecule has 5 N–H and O–H groups in total. The summed E-state index contributed by atoms with van der Waals surface area (Å²) in [5.74, 6) is 0.525. The largest absolute Gasteiger partial charge is 0.351 e. The number of hydrogen-bond donors (Lipinski definition) is 4. The minimum atomic E-state index is -0.648. The van der Waals surface area contributed by atoms with E-state index in [0.717, 1.165) is 23.2 Å². The average molecular weight is 379 g/mol. The highest BCUT2D eigenvalue weighted by Crippen LogP contribution is 2.30. The van der Waals surface area contributed by atoms with E-state index in [1.807, 2.05) is 68.1 Å². The summed E-state index contributed by atoms with van der Waals surface area (Å²) in [6.45, 7) is 3.86. The van der Waals surface area contributed by atoms with Gasteiger partial charge in [-0.2, -0.15) is 5.10 Å². The number of primary amides is 1. The van der Waals surface area contributed by atoms with Crippen molar-refractivity contribution < 1.29 is 4.79 Å². The normalized spacial score (nSPS) is 14.5. The Morgan fingerprint density at radius 1 is 1.36 bits per heavy atom. The number of nitrogens with zero attached hydrogens (tertiary/aromatic N) is 3. The van der Waals surface area contributed by atoms with Gasteiger partial charge >= 0.3 is 6.03 Å². The van der Waals surface area contributed by atoms with Crippen LogP contribution >= 0.6 is 0 Å². The fourth-order valence-corrected chi connectivity index (χ4v) is 3.05. The molecule has 28 heavy (non-hydrogen) atoms. The number of urea groups is 1. The van der Waals surface area contributed by atoms with E-state index in [-0.39, 0.29) is 6.17 Å². The van der Waals surface area contributed by atoms with Crippen LogP contribution in [0.15, 0.2) is 48.7 Å². The molecule has 0 saturated carbocycles.